The van der Waals surface area contributed by atoms with E-state index in [0.717, 1.165) is 19.6 Å². The van der Waals surface area contributed by atoms with E-state index in [-0.39, 0.29) is 0 Å². The normalized spacial score (nSPS) is 19.8. The van der Waals surface area contributed by atoms with Crippen LogP contribution in [0.2, 0.25) is 0 Å². The van der Waals surface area contributed by atoms with Crippen molar-refractivity contribution >= 4 is 0 Å². The van der Waals surface area contributed by atoms with Crippen molar-refractivity contribution < 1.29 is 9.47 Å². The Balaban J connectivity index is 1.67. The topological polar surface area (TPSA) is 18.5 Å². The Hall–Kier alpha value is -0.0800. The molecule has 0 saturated carbocycles. The summed E-state index contributed by atoms with van der Waals surface area (Å²) >= 11 is 0. The van der Waals surface area contributed by atoms with Gasteiger partial charge in [-0.2, -0.15) is 0 Å². The lowest BCUT2D eigenvalue weighted by atomic mass is 10.0. The van der Waals surface area contributed by atoms with Gasteiger partial charge in [0.05, 0.1) is 18.8 Å². The standard InChI is InChI=1S/C25H50O2/c1-3-5-6-7-8-9-10-11-12-13-14-15-16-17-18-19-22-26-23-25-21-20-24(4-2)27-25/h24-25H,3-23H2,1-2H3/t24-,25+/m1/s1. The van der Waals surface area contributed by atoms with Crippen molar-refractivity contribution in [3.8, 4) is 0 Å². The van der Waals surface area contributed by atoms with Gasteiger partial charge in [-0.15, -0.1) is 0 Å². The fraction of sp³-hybridized carbons (Fsp3) is 1.00. The molecule has 0 radical (unpaired) electrons. The molecular weight excluding hydrogens is 332 g/mol. The molecule has 1 aliphatic heterocycles. The van der Waals surface area contributed by atoms with E-state index in [9.17, 15) is 0 Å². The van der Waals surface area contributed by atoms with Gasteiger partial charge in [-0.05, 0) is 25.7 Å². The second kappa shape index (κ2) is 19.2. The van der Waals surface area contributed by atoms with E-state index in [4.69, 9.17) is 9.47 Å². The zero-order chi connectivity index (χ0) is 19.4. The molecule has 0 aromatic heterocycles. The Kier molecular flexibility index (Phi) is 17.8. The van der Waals surface area contributed by atoms with Crippen LogP contribution in [0, 0.1) is 0 Å². The fourth-order valence-electron chi connectivity index (χ4n) is 4.17. The molecule has 0 spiro atoms. The smallest absolute Gasteiger partial charge is 0.0813 e. The summed E-state index contributed by atoms with van der Waals surface area (Å²) < 4.78 is 11.7. The third-order valence-corrected chi connectivity index (χ3v) is 6.10. The summed E-state index contributed by atoms with van der Waals surface area (Å²) in [7, 11) is 0. The summed E-state index contributed by atoms with van der Waals surface area (Å²) in [6.07, 6.45) is 27.2. The minimum atomic E-state index is 0.371. The third kappa shape index (κ3) is 15.5. The van der Waals surface area contributed by atoms with Crippen LogP contribution in [0.1, 0.15) is 136 Å². The van der Waals surface area contributed by atoms with Gasteiger partial charge in [-0.25, -0.2) is 0 Å². The minimum Gasteiger partial charge on any atom is -0.379 e. The molecule has 0 aromatic carbocycles. The van der Waals surface area contributed by atoms with Crippen LogP contribution in [0.3, 0.4) is 0 Å². The Morgan fingerprint density at radius 2 is 1.04 bits per heavy atom. The van der Waals surface area contributed by atoms with Gasteiger partial charge < -0.3 is 9.47 Å². The average Bonchev–Trinajstić information content (AvgIpc) is 3.15. The molecule has 0 N–H and O–H groups in total. The molecule has 1 fully saturated rings. The largest absolute Gasteiger partial charge is 0.379 e. The second-order valence-electron chi connectivity index (χ2n) is 8.74. The van der Waals surface area contributed by atoms with E-state index in [1.165, 1.54) is 116 Å². The Bertz CT molecular complexity index is 292. The van der Waals surface area contributed by atoms with Crippen molar-refractivity contribution in [2.24, 2.45) is 0 Å². The molecule has 2 nitrogen and oxygen atoms in total. The van der Waals surface area contributed by atoms with Gasteiger partial charge in [-0.3, -0.25) is 0 Å². The number of hydrogen-bond donors (Lipinski definition) is 0. The Morgan fingerprint density at radius 1 is 0.593 bits per heavy atom. The molecule has 1 saturated heterocycles. The van der Waals surface area contributed by atoms with Crippen molar-refractivity contribution in [3.63, 3.8) is 0 Å². The van der Waals surface area contributed by atoms with Crippen molar-refractivity contribution in [3.05, 3.63) is 0 Å². The first-order valence-electron chi connectivity index (χ1n) is 12.6. The molecule has 1 heterocycles. The van der Waals surface area contributed by atoms with Gasteiger partial charge in [0.25, 0.3) is 0 Å². The molecule has 0 unspecified atom stereocenters. The number of ether oxygens (including phenoxy) is 2. The van der Waals surface area contributed by atoms with Crippen molar-refractivity contribution in [2.75, 3.05) is 13.2 Å². The van der Waals surface area contributed by atoms with Crippen LogP contribution >= 0.6 is 0 Å². The van der Waals surface area contributed by atoms with Crippen LogP contribution in [-0.4, -0.2) is 25.4 Å². The molecule has 2 heteroatoms. The zero-order valence-corrected chi connectivity index (χ0v) is 18.8. The van der Waals surface area contributed by atoms with Gasteiger partial charge in [0, 0.05) is 6.61 Å². The molecule has 1 rings (SSSR count). The number of hydrogen-bond acceptors (Lipinski definition) is 2. The van der Waals surface area contributed by atoms with Crippen LogP contribution in [0.25, 0.3) is 0 Å². The Labute approximate surface area is 171 Å². The van der Waals surface area contributed by atoms with E-state index in [2.05, 4.69) is 13.8 Å². The highest BCUT2D eigenvalue weighted by Crippen LogP contribution is 2.22. The van der Waals surface area contributed by atoms with Gasteiger partial charge >= 0.3 is 0 Å². The fourth-order valence-corrected chi connectivity index (χ4v) is 4.17. The maximum absolute atomic E-state index is 5.92. The van der Waals surface area contributed by atoms with Crippen LogP contribution in [0.5, 0.6) is 0 Å². The number of unbranched alkanes of at least 4 members (excludes halogenated alkanes) is 15. The van der Waals surface area contributed by atoms with E-state index < -0.39 is 0 Å². The van der Waals surface area contributed by atoms with Crippen LogP contribution in [-0.2, 0) is 9.47 Å². The average molecular weight is 383 g/mol. The van der Waals surface area contributed by atoms with Crippen molar-refractivity contribution in [2.45, 2.75) is 148 Å². The number of rotatable bonds is 20. The molecule has 0 aromatic rings. The molecule has 162 valence electrons. The Morgan fingerprint density at radius 3 is 1.48 bits per heavy atom. The molecular formula is C25H50O2. The lowest BCUT2D eigenvalue weighted by Crippen LogP contribution is -2.17. The predicted molar refractivity (Wildman–Crippen MR) is 119 cm³/mol. The highest BCUT2D eigenvalue weighted by molar-refractivity contribution is 4.72. The van der Waals surface area contributed by atoms with E-state index in [0.29, 0.717) is 12.2 Å². The molecule has 1 aliphatic rings. The first kappa shape index (κ1) is 25.0. The summed E-state index contributed by atoms with van der Waals surface area (Å²) in [4.78, 5) is 0. The van der Waals surface area contributed by atoms with E-state index in [1.54, 1.807) is 0 Å². The quantitative estimate of drug-likeness (QED) is 0.197. The lowest BCUT2D eigenvalue weighted by Gasteiger charge is -2.12. The van der Waals surface area contributed by atoms with Gasteiger partial charge in [0.1, 0.15) is 0 Å². The van der Waals surface area contributed by atoms with Crippen molar-refractivity contribution in [1.29, 1.82) is 0 Å². The van der Waals surface area contributed by atoms with Crippen molar-refractivity contribution in [1.82, 2.24) is 0 Å². The molecule has 0 aliphatic carbocycles. The lowest BCUT2D eigenvalue weighted by molar-refractivity contribution is -0.0163. The summed E-state index contributed by atoms with van der Waals surface area (Å²) in [6.45, 7) is 6.25. The van der Waals surface area contributed by atoms with Crippen LogP contribution in [0.4, 0.5) is 0 Å². The monoisotopic (exact) mass is 382 g/mol. The zero-order valence-electron chi connectivity index (χ0n) is 18.8. The van der Waals surface area contributed by atoms with Crippen LogP contribution in [0.15, 0.2) is 0 Å². The summed E-state index contributed by atoms with van der Waals surface area (Å²) in [6, 6.07) is 0. The molecule has 27 heavy (non-hydrogen) atoms. The van der Waals surface area contributed by atoms with Gasteiger partial charge in [0.15, 0.2) is 0 Å². The SMILES string of the molecule is CCCCCCCCCCCCCCCCCCOC[C@@H]1CC[C@@H](CC)O1. The first-order valence-corrected chi connectivity index (χ1v) is 12.6. The molecule has 0 bridgehead atoms. The maximum Gasteiger partial charge on any atom is 0.0813 e. The predicted octanol–water partition coefficient (Wildman–Crippen LogP) is 8.22. The molecule has 2 atom stereocenters. The second-order valence-corrected chi connectivity index (χ2v) is 8.74. The van der Waals surface area contributed by atoms with E-state index >= 15 is 0 Å². The van der Waals surface area contributed by atoms with Gasteiger partial charge in [0.2, 0.25) is 0 Å². The molecule has 0 amide bonds. The summed E-state index contributed by atoms with van der Waals surface area (Å²) in [5, 5.41) is 0. The maximum atomic E-state index is 5.92. The van der Waals surface area contributed by atoms with Crippen LogP contribution < -0.4 is 0 Å². The minimum absolute atomic E-state index is 0.371. The van der Waals surface area contributed by atoms with E-state index in [1.807, 2.05) is 0 Å². The summed E-state index contributed by atoms with van der Waals surface area (Å²) in [5.74, 6) is 0. The highest BCUT2D eigenvalue weighted by Gasteiger charge is 2.23. The summed E-state index contributed by atoms with van der Waals surface area (Å²) in [5.41, 5.74) is 0. The van der Waals surface area contributed by atoms with Gasteiger partial charge in [-0.1, -0.05) is 110 Å². The first-order chi connectivity index (χ1) is 13.4. The highest BCUT2D eigenvalue weighted by atomic mass is 16.5. The third-order valence-electron chi connectivity index (χ3n) is 6.10.